The Morgan fingerprint density at radius 3 is 2.59 bits per heavy atom. The largest absolute Gasteiger partial charge is 0.464 e. The highest BCUT2D eigenvalue weighted by Crippen LogP contribution is 2.24. The summed E-state index contributed by atoms with van der Waals surface area (Å²) in [5.74, 6) is -1.09. The monoisotopic (exact) mass is 460 g/mol. The van der Waals surface area contributed by atoms with Gasteiger partial charge < -0.3 is 19.7 Å². The number of esters is 1. The number of likely N-dealkylation sites (tertiary alicyclic amines) is 1. The average molecular weight is 461 g/mol. The average Bonchev–Trinajstić information content (AvgIpc) is 2.81. The van der Waals surface area contributed by atoms with E-state index in [-0.39, 0.29) is 43.4 Å². The first kappa shape index (κ1) is 23.5. The van der Waals surface area contributed by atoms with Crippen molar-refractivity contribution in [2.24, 2.45) is 5.92 Å². The summed E-state index contributed by atoms with van der Waals surface area (Å²) in [5, 5.41) is 3.03. The van der Waals surface area contributed by atoms with Crippen LogP contribution in [-0.4, -0.2) is 52.0 Å². The van der Waals surface area contributed by atoms with Crippen LogP contribution in [0.5, 0.6) is 0 Å². The van der Waals surface area contributed by atoms with Gasteiger partial charge in [-0.05, 0) is 18.4 Å². The maximum atomic E-state index is 12.8. The van der Waals surface area contributed by atoms with Gasteiger partial charge >= 0.3 is 12.1 Å². The highest BCUT2D eigenvalue weighted by atomic mass is 35.5. The molecule has 32 heavy (non-hydrogen) atoms. The quantitative estimate of drug-likeness (QED) is 0.632. The van der Waals surface area contributed by atoms with E-state index in [0.717, 1.165) is 5.56 Å². The number of carbonyl (C=O) groups is 3. The molecule has 0 saturated carbocycles. The molecule has 2 heterocycles. The molecular weight excluding hydrogens is 436 g/mol. The van der Waals surface area contributed by atoms with Gasteiger partial charge in [0.05, 0.1) is 24.2 Å². The van der Waals surface area contributed by atoms with Gasteiger partial charge in [0.2, 0.25) is 5.91 Å². The Bertz CT molecular complexity index is 943. The van der Waals surface area contributed by atoms with Gasteiger partial charge in [0.15, 0.2) is 5.15 Å². The van der Waals surface area contributed by atoms with E-state index in [4.69, 9.17) is 21.1 Å². The van der Waals surface area contributed by atoms with Gasteiger partial charge in [-0.25, -0.2) is 9.78 Å². The minimum absolute atomic E-state index is 0.0549. The van der Waals surface area contributed by atoms with Crippen LogP contribution in [0.25, 0.3) is 0 Å². The van der Waals surface area contributed by atoms with Crippen molar-refractivity contribution in [2.45, 2.75) is 39.0 Å². The maximum Gasteiger partial charge on any atom is 0.410 e. The second-order valence-corrected chi connectivity index (χ2v) is 7.79. The van der Waals surface area contributed by atoms with Crippen molar-refractivity contribution in [3.8, 4) is 0 Å². The third-order valence-corrected chi connectivity index (χ3v) is 5.46. The number of nitrogens with one attached hydrogen (secondary N) is 1. The zero-order valence-electron chi connectivity index (χ0n) is 17.7. The smallest absolute Gasteiger partial charge is 0.410 e. The molecule has 9 nitrogen and oxygen atoms in total. The molecule has 0 unspecified atom stereocenters. The number of amides is 2. The van der Waals surface area contributed by atoms with Crippen molar-refractivity contribution in [2.75, 3.05) is 13.2 Å². The van der Waals surface area contributed by atoms with Crippen molar-refractivity contribution >= 4 is 29.6 Å². The third-order valence-electron chi connectivity index (χ3n) is 5.15. The van der Waals surface area contributed by atoms with Crippen LogP contribution >= 0.6 is 11.6 Å². The minimum atomic E-state index is -0.555. The van der Waals surface area contributed by atoms with Crippen molar-refractivity contribution < 1.29 is 23.9 Å². The first-order chi connectivity index (χ1) is 15.4. The molecule has 0 aliphatic carbocycles. The van der Waals surface area contributed by atoms with Crippen LogP contribution in [0.3, 0.4) is 0 Å². The Hall–Kier alpha value is -3.20. The number of hydrogen-bond acceptors (Lipinski definition) is 7. The van der Waals surface area contributed by atoms with E-state index in [9.17, 15) is 14.4 Å². The molecule has 10 heteroatoms. The number of rotatable bonds is 7. The van der Waals surface area contributed by atoms with E-state index >= 15 is 0 Å². The summed E-state index contributed by atoms with van der Waals surface area (Å²) in [4.78, 5) is 46.3. The Morgan fingerprint density at radius 1 is 1.12 bits per heavy atom. The first-order valence-electron chi connectivity index (χ1n) is 10.3. The van der Waals surface area contributed by atoms with Crippen LogP contribution in [0.1, 0.15) is 31.0 Å². The van der Waals surface area contributed by atoms with Crippen LogP contribution in [0.15, 0.2) is 42.7 Å². The van der Waals surface area contributed by atoms with Crippen LogP contribution in [0.2, 0.25) is 5.15 Å². The topological polar surface area (TPSA) is 111 Å². The van der Waals surface area contributed by atoms with Crippen molar-refractivity contribution in [1.29, 1.82) is 0 Å². The second-order valence-electron chi connectivity index (χ2n) is 7.43. The predicted octanol–water partition coefficient (Wildman–Crippen LogP) is 2.73. The molecule has 0 bridgehead atoms. The van der Waals surface area contributed by atoms with E-state index in [2.05, 4.69) is 15.3 Å². The highest BCUT2D eigenvalue weighted by molar-refractivity contribution is 6.29. The number of halogens is 1. The molecule has 1 fully saturated rings. The molecule has 1 saturated heterocycles. The number of benzene rings is 1. The lowest BCUT2D eigenvalue weighted by atomic mass is 9.92. The summed E-state index contributed by atoms with van der Waals surface area (Å²) in [6, 6.07) is 8.94. The molecule has 2 amide bonds. The fourth-order valence-electron chi connectivity index (χ4n) is 3.44. The summed E-state index contributed by atoms with van der Waals surface area (Å²) >= 11 is 5.99. The van der Waals surface area contributed by atoms with Gasteiger partial charge in [-0.15, -0.1) is 0 Å². The van der Waals surface area contributed by atoms with Gasteiger partial charge in [0.25, 0.3) is 0 Å². The molecule has 2 atom stereocenters. The van der Waals surface area contributed by atoms with Crippen molar-refractivity contribution in [3.63, 3.8) is 0 Å². The van der Waals surface area contributed by atoms with Crippen molar-refractivity contribution in [3.05, 3.63) is 59.1 Å². The summed E-state index contributed by atoms with van der Waals surface area (Å²) in [6.07, 6.45) is 3.45. The molecule has 1 aliphatic heterocycles. The molecule has 1 N–H and O–H groups in total. The number of carbonyl (C=O) groups excluding carboxylic acids is 3. The molecular formula is C22H25ClN4O5. The molecule has 1 aromatic carbocycles. The fourth-order valence-corrected chi connectivity index (χ4v) is 3.61. The molecule has 1 aromatic heterocycles. The number of piperidine rings is 1. The summed E-state index contributed by atoms with van der Waals surface area (Å²) in [6.45, 7) is 1.77. The molecule has 0 radical (unpaired) electrons. The second kappa shape index (κ2) is 11.4. The lowest BCUT2D eigenvalue weighted by Crippen LogP contribution is -2.52. The van der Waals surface area contributed by atoms with Crippen LogP contribution < -0.4 is 5.32 Å². The SMILES string of the molecule is CC(=O)OC[C@@H]1CC[C@@H](C(=O)NCc2nccnc2Cl)CN1C(=O)OCc1ccccc1. The summed E-state index contributed by atoms with van der Waals surface area (Å²) in [5.41, 5.74) is 1.31. The minimum Gasteiger partial charge on any atom is -0.464 e. The molecule has 2 aromatic rings. The predicted molar refractivity (Wildman–Crippen MR) is 115 cm³/mol. The third kappa shape index (κ3) is 6.65. The number of nitrogens with zero attached hydrogens (tertiary/aromatic N) is 3. The van der Waals surface area contributed by atoms with E-state index in [1.54, 1.807) is 0 Å². The number of hydrogen-bond donors (Lipinski definition) is 1. The van der Waals surface area contributed by atoms with Crippen LogP contribution in [0.4, 0.5) is 4.79 Å². The van der Waals surface area contributed by atoms with E-state index in [1.165, 1.54) is 24.2 Å². The zero-order valence-corrected chi connectivity index (χ0v) is 18.5. The van der Waals surface area contributed by atoms with Crippen LogP contribution in [-0.2, 0) is 32.2 Å². The molecule has 1 aliphatic rings. The summed E-state index contributed by atoms with van der Waals surface area (Å²) < 4.78 is 10.6. The lowest BCUT2D eigenvalue weighted by molar-refractivity contribution is -0.144. The Kier molecular flexibility index (Phi) is 8.38. The van der Waals surface area contributed by atoms with Gasteiger partial charge in [-0.3, -0.25) is 14.6 Å². The van der Waals surface area contributed by atoms with Gasteiger partial charge in [0, 0.05) is 25.9 Å². The molecule has 170 valence electrons. The Labute approximate surface area is 191 Å². The van der Waals surface area contributed by atoms with Gasteiger partial charge in [-0.2, -0.15) is 0 Å². The normalized spacial score (nSPS) is 18.0. The molecule has 3 rings (SSSR count). The number of ether oxygens (including phenoxy) is 2. The Balaban J connectivity index is 1.61. The Morgan fingerprint density at radius 2 is 1.88 bits per heavy atom. The van der Waals surface area contributed by atoms with Crippen LogP contribution in [0, 0.1) is 5.92 Å². The fraction of sp³-hybridized carbons (Fsp3) is 0.409. The number of aromatic nitrogens is 2. The highest BCUT2D eigenvalue weighted by Gasteiger charge is 2.36. The maximum absolute atomic E-state index is 12.8. The lowest BCUT2D eigenvalue weighted by Gasteiger charge is -2.38. The van der Waals surface area contributed by atoms with E-state index in [1.807, 2.05) is 30.3 Å². The first-order valence-corrected chi connectivity index (χ1v) is 10.7. The summed E-state index contributed by atoms with van der Waals surface area (Å²) in [7, 11) is 0. The van der Waals surface area contributed by atoms with E-state index in [0.29, 0.717) is 18.5 Å². The molecule has 0 spiro atoms. The van der Waals surface area contributed by atoms with E-state index < -0.39 is 18.0 Å². The van der Waals surface area contributed by atoms with Crippen molar-refractivity contribution in [1.82, 2.24) is 20.2 Å². The van der Waals surface area contributed by atoms with Gasteiger partial charge in [0.1, 0.15) is 13.2 Å². The standard InChI is InChI=1S/C22H25ClN4O5/c1-15(28)31-14-18-8-7-17(21(29)26-11-19-20(23)25-10-9-24-19)12-27(18)22(30)32-13-16-5-3-2-4-6-16/h2-6,9-10,17-18H,7-8,11-14H2,1H3,(H,26,29)/t17-,18+/m1/s1. The van der Waals surface area contributed by atoms with Gasteiger partial charge in [-0.1, -0.05) is 41.9 Å². The zero-order chi connectivity index (χ0) is 22.9.